The maximum Gasteiger partial charge on any atom is 0.239 e. The Bertz CT molecular complexity index is 1450. The highest BCUT2D eigenvalue weighted by atomic mass is 32.2. The Labute approximate surface area is 241 Å². The van der Waals surface area contributed by atoms with Crippen molar-refractivity contribution in [3.05, 3.63) is 83.7 Å². The second-order valence-corrected chi connectivity index (χ2v) is 11.2. The third-order valence-electron chi connectivity index (χ3n) is 5.52. The molecule has 1 unspecified atom stereocenters. The zero-order valence-electron chi connectivity index (χ0n) is 21.7. The number of amides is 1. The highest BCUT2D eigenvalue weighted by molar-refractivity contribution is 8.00. The van der Waals surface area contributed by atoms with Crippen LogP contribution in [0, 0.1) is 0 Å². The Hall–Kier alpha value is -3.73. The first-order chi connectivity index (χ1) is 18.8. The fourth-order valence-corrected chi connectivity index (χ4v) is 5.43. The van der Waals surface area contributed by atoms with Crippen LogP contribution in [0.5, 0.6) is 5.75 Å². The number of thiazole rings is 1. The molecule has 0 aliphatic rings. The van der Waals surface area contributed by atoms with Crippen molar-refractivity contribution in [3.8, 4) is 17.0 Å². The van der Waals surface area contributed by atoms with Crippen molar-refractivity contribution < 1.29 is 14.3 Å². The number of thioether (sulfide) groups is 1. The van der Waals surface area contributed by atoms with Crippen LogP contribution in [0.3, 0.4) is 0 Å². The summed E-state index contributed by atoms with van der Waals surface area (Å²) in [6.07, 6.45) is 0. The minimum absolute atomic E-state index is 0.0137. The highest BCUT2D eigenvalue weighted by Gasteiger charge is 2.17. The average molecular weight is 577 g/mol. The van der Waals surface area contributed by atoms with Crippen LogP contribution in [-0.4, -0.2) is 33.6 Å². The molecule has 0 bridgehead atoms. The summed E-state index contributed by atoms with van der Waals surface area (Å²) in [7, 11) is 0. The van der Waals surface area contributed by atoms with E-state index in [-0.39, 0.29) is 16.9 Å². The SMILES string of the molecule is CCOc1ccc(-c2csc(NC(=O)C(C)Sc3cccc(NC(=S)Nc4ccc(C(C)=O)cc4)c3)n2)cc1. The number of hydrogen-bond donors (Lipinski definition) is 3. The van der Waals surface area contributed by atoms with Crippen LogP contribution in [-0.2, 0) is 4.79 Å². The van der Waals surface area contributed by atoms with Crippen LogP contribution in [0.15, 0.2) is 83.1 Å². The van der Waals surface area contributed by atoms with Gasteiger partial charge in [-0.1, -0.05) is 6.07 Å². The van der Waals surface area contributed by atoms with Crippen LogP contribution in [0.2, 0.25) is 0 Å². The summed E-state index contributed by atoms with van der Waals surface area (Å²) >= 11 is 8.27. The number of nitrogens with zero attached hydrogens (tertiary/aromatic N) is 1. The lowest BCUT2D eigenvalue weighted by molar-refractivity contribution is -0.115. The lowest BCUT2D eigenvalue weighted by Crippen LogP contribution is -2.22. The summed E-state index contributed by atoms with van der Waals surface area (Å²) in [5.41, 5.74) is 3.98. The van der Waals surface area contributed by atoms with Gasteiger partial charge in [0.2, 0.25) is 5.91 Å². The van der Waals surface area contributed by atoms with Crippen molar-refractivity contribution in [3.63, 3.8) is 0 Å². The largest absolute Gasteiger partial charge is 0.494 e. The molecular formula is C29H28N4O3S3. The Balaban J connectivity index is 1.30. The van der Waals surface area contributed by atoms with Gasteiger partial charge in [-0.3, -0.25) is 9.59 Å². The normalized spacial score (nSPS) is 11.4. The van der Waals surface area contributed by atoms with Crippen molar-refractivity contribution in [1.82, 2.24) is 4.98 Å². The van der Waals surface area contributed by atoms with E-state index in [1.807, 2.05) is 67.8 Å². The van der Waals surface area contributed by atoms with E-state index in [2.05, 4.69) is 20.9 Å². The van der Waals surface area contributed by atoms with Gasteiger partial charge in [-0.25, -0.2) is 4.98 Å². The molecule has 0 saturated heterocycles. The standard InChI is InChI=1S/C29H28N4O3S3/c1-4-36-24-14-10-21(11-15-24)26-17-38-29(32-26)33-27(35)19(3)39-25-7-5-6-23(16-25)31-28(37)30-22-12-8-20(9-13-22)18(2)34/h5-17,19H,4H2,1-3H3,(H2,30,31,37)(H,32,33,35). The van der Waals surface area contributed by atoms with Gasteiger partial charge in [0.1, 0.15) is 5.75 Å². The summed E-state index contributed by atoms with van der Waals surface area (Å²) in [5.74, 6) is 0.700. The van der Waals surface area contributed by atoms with Gasteiger partial charge in [-0.05, 0) is 99.7 Å². The van der Waals surface area contributed by atoms with Gasteiger partial charge < -0.3 is 20.7 Å². The third-order valence-corrected chi connectivity index (χ3v) is 7.57. The maximum absolute atomic E-state index is 12.9. The molecule has 1 heterocycles. The quantitative estimate of drug-likeness (QED) is 0.103. The van der Waals surface area contributed by atoms with Gasteiger partial charge >= 0.3 is 0 Å². The monoisotopic (exact) mass is 576 g/mol. The molecule has 0 radical (unpaired) electrons. The fraction of sp³-hybridized carbons (Fsp3) is 0.172. The van der Waals surface area contributed by atoms with Crippen molar-refractivity contribution in [2.75, 3.05) is 22.6 Å². The maximum atomic E-state index is 12.9. The number of Topliss-reactive ketones (excluding diaryl/α,β-unsaturated/α-hetero) is 1. The minimum Gasteiger partial charge on any atom is -0.494 e. The average Bonchev–Trinajstić information content (AvgIpc) is 3.38. The molecule has 1 amide bonds. The number of aromatic nitrogens is 1. The van der Waals surface area contributed by atoms with Crippen molar-refractivity contribution in [2.24, 2.45) is 0 Å². The zero-order chi connectivity index (χ0) is 27.8. The Morgan fingerprint density at radius 1 is 1.00 bits per heavy atom. The number of benzene rings is 3. The first-order valence-electron chi connectivity index (χ1n) is 12.3. The Morgan fingerprint density at radius 2 is 1.72 bits per heavy atom. The van der Waals surface area contributed by atoms with Crippen LogP contribution in [0.4, 0.5) is 16.5 Å². The molecule has 4 rings (SSSR count). The van der Waals surface area contributed by atoms with E-state index < -0.39 is 0 Å². The zero-order valence-corrected chi connectivity index (χ0v) is 24.1. The fourth-order valence-electron chi connectivity index (χ4n) is 3.55. The summed E-state index contributed by atoms with van der Waals surface area (Å²) < 4.78 is 5.49. The highest BCUT2D eigenvalue weighted by Crippen LogP contribution is 2.29. The number of rotatable bonds is 10. The molecule has 4 aromatic rings. The Kier molecular flexibility index (Phi) is 9.69. The summed E-state index contributed by atoms with van der Waals surface area (Å²) in [6, 6.07) is 22.5. The molecule has 3 aromatic carbocycles. The molecule has 0 aliphatic heterocycles. The molecule has 1 atom stereocenters. The van der Waals surface area contributed by atoms with E-state index in [0.717, 1.165) is 33.3 Å². The molecule has 1 aromatic heterocycles. The summed E-state index contributed by atoms with van der Waals surface area (Å²) in [6.45, 7) is 5.96. The molecule has 0 spiro atoms. The smallest absolute Gasteiger partial charge is 0.239 e. The van der Waals surface area contributed by atoms with E-state index in [1.165, 1.54) is 30.0 Å². The number of anilines is 3. The number of ketones is 1. The first kappa shape index (κ1) is 28.3. The molecule has 0 saturated carbocycles. The number of hydrogen-bond acceptors (Lipinski definition) is 7. The predicted molar refractivity (Wildman–Crippen MR) is 165 cm³/mol. The van der Waals surface area contributed by atoms with Gasteiger partial charge in [0.15, 0.2) is 16.0 Å². The van der Waals surface area contributed by atoms with Crippen molar-refractivity contribution >= 4 is 68.6 Å². The van der Waals surface area contributed by atoms with Crippen LogP contribution in [0.25, 0.3) is 11.3 Å². The molecule has 0 fully saturated rings. The number of carbonyl (C=O) groups excluding carboxylic acids is 2. The number of ether oxygens (including phenoxy) is 1. The van der Waals surface area contributed by atoms with Gasteiger partial charge in [0.05, 0.1) is 17.6 Å². The molecule has 0 aliphatic carbocycles. The van der Waals surface area contributed by atoms with Crippen molar-refractivity contribution in [2.45, 2.75) is 30.9 Å². The van der Waals surface area contributed by atoms with E-state index in [4.69, 9.17) is 17.0 Å². The molecule has 3 N–H and O–H groups in total. The number of carbonyl (C=O) groups is 2. The predicted octanol–water partition coefficient (Wildman–Crippen LogP) is 7.34. The number of nitrogens with one attached hydrogen (secondary N) is 3. The van der Waals surface area contributed by atoms with E-state index in [1.54, 1.807) is 24.3 Å². The second kappa shape index (κ2) is 13.4. The van der Waals surface area contributed by atoms with Gasteiger partial charge in [0.25, 0.3) is 0 Å². The van der Waals surface area contributed by atoms with Crippen LogP contribution < -0.4 is 20.7 Å². The van der Waals surface area contributed by atoms with Gasteiger partial charge in [0, 0.05) is 32.8 Å². The molecular weight excluding hydrogens is 549 g/mol. The second-order valence-electron chi connectivity index (χ2n) is 8.49. The summed E-state index contributed by atoms with van der Waals surface area (Å²) in [4.78, 5) is 29.8. The molecule has 10 heteroatoms. The lowest BCUT2D eigenvalue weighted by Gasteiger charge is -2.13. The van der Waals surface area contributed by atoms with E-state index >= 15 is 0 Å². The third kappa shape index (κ3) is 8.13. The molecule has 7 nitrogen and oxygen atoms in total. The van der Waals surface area contributed by atoms with Crippen LogP contribution in [0.1, 0.15) is 31.1 Å². The van der Waals surface area contributed by atoms with E-state index in [9.17, 15) is 9.59 Å². The Morgan fingerprint density at radius 3 is 2.41 bits per heavy atom. The van der Waals surface area contributed by atoms with E-state index in [0.29, 0.717) is 22.4 Å². The van der Waals surface area contributed by atoms with Gasteiger partial charge in [-0.15, -0.1) is 23.1 Å². The molecule has 39 heavy (non-hydrogen) atoms. The minimum atomic E-state index is -0.344. The summed E-state index contributed by atoms with van der Waals surface area (Å²) in [5, 5.41) is 11.8. The lowest BCUT2D eigenvalue weighted by atomic mass is 10.1. The van der Waals surface area contributed by atoms with Crippen molar-refractivity contribution in [1.29, 1.82) is 0 Å². The number of thiocarbonyl (C=S) groups is 1. The van der Waals surface area contributed by atoms with Gasteiger partial charge in [-0.2, -0.15) is 0 Å². The van der Waals surface area contributed by atoms with Crippen LogP contribution >= 0.6 is 35.3 Å². The topological polar surface area (TPSA) is 92.4 Å². The first-order valence-corrected chi connectivity index (χ1v) is 14.4. The molecule has 200 valence electrons.